The average molecular weight is 571 g/mol. The van der Waals surface area contributed by atoms with Crippen LogP contribution in [-0.2, 0) is 18.9 Å². The van der Waals surface area contributed by atoms with Crippen LogP contribution in [0.15, 0.2) is 0 Å². The van der Waals surface area contributed by atoms with Crippen molar-refractivity contribution in [3.8, 4) is 0 Å². The Kier molecular flexibility index (Phi) is 38.7. The zero-order chi connectivity index (χ0) is 28.9. The maximum Gasteiger partial charge on any atom is 0.0701 e. The van der Waals surface area contributed by atoms with Crippen LogP contribution in [0.3, 0.4) is 0 Å². The van der Waals surface area contributed by atoms with Crippen LogP contribution in [0.1, 0.15) is 181 Å². The van der Waals surface area contributed by atoms with E-state index in [0.29, 0.717) is 39.6 Å². The van der Waals surface area contributed by atoms with E-state index in [0.717, 1.165) is 13.2 Å². The predicted molar refractivity (Wildman–Crippen MR) is 175 cm³/mol. The van der Waals surface area contributed by atoms with Gasteiger partial charge in [-0.05, 0) is 12.8 Å². The van der Waals surface area contributed by atoms with Crippen LogP contribution < -0.4 is 0 Å². The van der Waals surface area contributed by atoms with Gasteiger partial charge in [-0.2, -0.15) is 0 Å². The van der Waals surface area contributed by atoms with Gasteiger partial charge in [0.25, 0.3) is 0 Å². The molecule has 0 aromatic heterocycles. The molecule has 0 aliphatic rings. The second-order valence-corrected chi connectivity index (χ2v) is 11.9. The van der Waals surface area contributed by atoms with Crippen molar-refractivity contribution in [2.75, 3.05) is 52.9 Å². The van der Waals surface area contributed by atoms with Gasteiger partial charge in [-0.15, -0.1) is 0 Å². The fraction of sp³-hybridized carbons (Fsp3) is 1.00. The maximum absolute atomic E-state index is 5.69. The minimum atomic E-state index is 0.640. The first-order valence-corrected chi connectivity index (χ1v) is 18.2. The van der Waals surface area contributed by atoms with E-state index in [1.165, 1.54) is 167 Å². The summed E-state index contributed by atoms with van der Waals surface area (Å²) in [5.74, 6) is 0. The van der Waals surface area contributed by atoms with Gasteiger partial charge in [-0.3, -0.25) is 0 Å². The van der Waals surface area contributed by atoms with Crippen molar-refractivity contribution < 1.29 is 18.9 Å². The van der Waals surface area contributed by atoms with Crippen molar-refractivity contribution in [3.63, 3.8) is 0 Å². The molecule has 0 aromatic rings. The van der Waals surface area contributed by atoms with Crippen LogP contribution in [0.2, 0.25) is 0 Å². The number of unbranched alkanes of at least 4 members (excludes halogenated alkanes) is 24. The van der Waals surface area contributed by atoms with Gasteiger partial charge in [0.05, 0.1) is 39.6 Å². The molecular formula is C36H74O4. The first kappa shape index (κ1) is 39.8. The fourth-order valence-electron chi connectivity index (χ4n) is 5.21. The van der Waals surface area contributed by atoms with Gasteiger partial charge in [-0.1, -0.05) is 168 Å². The molecule has 0 aliphatic carbocycles. The van der Waals surface area contributed by atoms with Gasteiger partial charge in [0.2, 0.25) is 0 Å². The average Bonchev–Trinajstić information content (AvgIpc) is 2.97. The highest BCUT2D eigenvalue weighted by Gasteiger charge is 1.97. The minimum Gasteiger partial charge on any atom is -0.379 e. The van der Waals surface area contributed by atoms with Gasteiger partial charge in [0, 0.05) is 13.2 Å². The quantitative estimate of drug-likeness (QED) is 0.0696. The summed E-state index contributed by atoms with van der Waals surface area (Å²) in [5, 5.41) is 0. The highest BCUT2D eigenvalue weighted by Crippen LogP contribution is 2.13. The van der Waals surface area contributed by atoms with Gasteiger partial charge in [-0.25, -0.2) is 0 Å². The van der Waals surface area contributed by atoms with Crippen LogP contribution in [-0.4, -0.2) is 52.9 Å². The molecule has 242 valence electrons. The maximum atomic E-state index is 5.69. The smallest absolute Gasteiger partial charge is 0.0701 e. The highest BCUT2D eigenvalue weighted by molar-refractivity contribution is 4.50. The van der Waals surface area contributed by atoms with Crippen molar-refractivity contribution in [3.05, 3.63) is 0 Å². The molecule has 0 amide bonds. The summed E-state index contributed by atoms with van der Waals surface area (Å²) in [5.41, 5.74) is 0. The number of hydrogen-bond acceptors (Lipinski definition) is 4. The molecule has 0 saturated heterocycles. The van der Waals surface area contributed by atoms with Crippen LogP contribution in [0.25, 0.3) is 0 Å². The molecule has 0 aliphatic heterocycles. The molecule has 4 heteroatoms. The molecule has 0 saturated carbocycles. The second kappa shape index (κ2) is 38.8. The summed E-state index contributed by atoms with van der Waals surface area (Å²) >= 11 is 0. The summed E-state index contributed by atoms with van der Waals surface area (Å²) < 4.78 is 22.6. The molecule has 0 radical (unpaired) electrons. The molecule has 0 rings (SSSR count). The summed E-state index contributed by atoms with van der Waals surface area (Å²) in [4.78, 5) is 0. The lowest BCUT2D eigenvalue weighted by Gasteiger charge is -2.08. The molecule has 0 fully saturated rings. The molecule has 0 spiro atoms. The Balaban J connectivity index is 3.01. The van der Waals surface area contributed by atoms with E-state index < -0.39 is 0 Å². The first-order chi connectivity index (χ1) is 19.9. The molecule has 0 heterocycles. The van der Waals surface area contributed by atoms with Gasteiger partial charge in [0.15, 0.2) is 0 Å². The van der Waals surface area contributed by atoms with Crippen molar-refractivity contribution in [2.45, 2.75) is 181 Å². The van der Waals surface area contributed by atoms with Crippen LogP contribution in [0.4, 0.5) is 0 Å². The van der Waals surface area contributed by atoms with E-state index in [-0.39, 0.29) is 0 Å². The lowest BCUT2D eigenvalue weighted by Crippen LogP contribution is -2.12. The largest absolute Gasteiger partial charge is 0.379 e. The van der Waals surface area contributed by atoms with E-state index in [9.17, 15) is 0 Å². The molecule has 0 unspecified atom stereocenters. The Labute approximate surface area is 252 Å². The molecule has 40 heavy (non-hydrogen) atoms. The standard InChI is InChI=1S/C36H74O4/c1-3-5-7-9-11-13-15-17-19-21-23-25-27-29-37-31-33-39-35-36-40-34-32-38-30-28-26-24-22-20-18-16-14-12-10-8-6-4-2/h3-36H2,1-2H3. The molecule has 0 N–H and O–H groups in total. The van der Waals surface area contributed by atoms with Crippen molar-refractivity contribution in [2.24, 2.45) is 0 Å². The minimum absolute atomic E-state index is 0.640. The molecule has 0 atom stereocenters. The Morgan fingerprint density at radius 1 is 0.200 bits per heavy atom. The summed E-state index contributed by atoms with van der Waals surface area (Å²) in [7, 11) is 0. The lowest BCUT2D eigenvalue weighted by molar-refractivity contribution is -0.00248. The van der Waals surface area contributed by atoms with Crippen molar-refractivity contribution in [1.82, 2.24) is 0 Å². The van der Waals surface area contributed by atoms with E-state index in [1.54, 1.807) is 0 Å². The third kappa shape index (κ3) is 37.8. The van der Waals surface area contributed by atoms with Crippen LogP contribution >= 0.6 is 0 Å². The molecular weight excluding hydrogens is 496 g/mol. The Morgan fingerprint density at radius 2 is 0.375 bits per heavy atom. The number of ether oxygens (including phenoxy) is 4. The molecule has 0 bridgehead atoms. The summed E-state index contributed by atoms with van der Waals surface area (Å²) in [6, 6.07) is 0. The topological polar surface area (TPSA) is 36.9 Å². The normalized spacial score (nSPS) is 11.6. The number of hydrogen-bond donors (Lipinski definition) is 0. The third-order valence-electron chi connectivity index (χ3n) is 7.90. The van der Waals surface area contributed by atoms with E-state index in [4.69, 9.17) is 18.9 Å². The Morgan fingerprint density at radius 3 is 0.600 bits per heavy atom. The number of rotatable bonds is 37. The SMILES string of the molecule is CCCCCCCCCCCCCCCOCCOCCOCCOCCCCCCCCCCCCCCC. The lowest BCUT2D eigenvalue weighted by atomic mass is 10.0. The first-order valence-electron chi connectivity index (χ1n) is 18.2. The van der Waals surface area contributed by atoms with E-state index in [1.807, 2.05) is 0 Å². The molecule has 4 nitrogen and oxygen atoms in total. The summed E-state index contributed by atoms with van der Waals surface area (Å²) in [6.07, 6.45) is 36.1. The Bertz CT molecular complexity index is 380. The monoisotopic (exact) mass is 571 g/mol. The van der Waals surface area contributed by atoms with Gasteiger partial charge in [0.1, 0.15) is 0 Å². The van der Waals surface area contributed by atoms with Crippen LogP contribution in [0, 0.1) is 0 Å². The van der Waals surface area contributed by atoms with Crippen LogP contribution in [0.5, 0.6) is 0 Å². The zero-order valence-electron chi connectivity index (χ0n) is 27.7. The van der Waals surface area contributed by atoms with E-state index >= 15 is 0 Å². The van der Waals surface area contributed by atoms with Crippen molar-refractivity contribution >= 4 is 0 Å². The van der Waals surface area contributed by atoms with Gasteiger partial charge >= 0.3 is 0 Å². The third-order valence-corrected chi connectivity index (χ3v) is 7.90. The molecule has 0 aromatic carbocycles. The fourth-order valence-corrected chi connectivity index (χ4v) is 5.21. The second-order valence-electron chi connectivity index (χ2n) is 11.9. The van der Waals surface area contributed by atoms with Crippen molar-refractivity contribution in [1.29, 1.82) is 0 Å². The van der Waals surface area contributed by atoms with Gasteiger partial charge < -0.3 is 18.9 Å². The van der Waals surface area contributed by atoms with E-state index in [2.05, 4.69) is 13.8 Å². The predicted octanol–water partition coefficient (Wildman–Crippen LogP) is 11.2. The zero-order valence-corrected chi connectivity index (χ0v) is 27.7. The summed E-state index contributed by atoms with van der Waals surface area (Å²) in [6.45, 7) is 10.3. The Hall–Kier alpha value is -0.160. The highest BCUT2D eigenvalue weighted by atomic mass is 16.6.